The van der Waals surface area contributed by atoms with Crippen molar-refractivity contribution in [2.24, 2.45) is 5.92 Å². The molecule has 4 heteroatoms. The van der Waals surface area contributed by atoms with Gasteiger partial charge < -0.3 is 10.2 Å². The second-order valence-corrected chi connectivity index (χ2v) is 6.07. The fraction of sp³-hybridized carbons (Fsp3) is 0.588. The van der Waals surface area contributed by atoms with E-state index < -0.39 is 0 Å². The fourth-order valence-electron chi connectivity index (χ4n) is 3.56. The number of hydrogen-bond acceptors (Lipinski definition) is 2. The molecule has 2 rings (SSSR count). The Hall–Kier alpha value is -1.06. The molecule has 1 aliphatic rings. The van der Waals surface area contributed by atoms with E-state index in [1.165, 1.54) is 24.8 Å². The van der Waals surface area contributed by atoms with Crippen LogP contribution in [-0.2, 0) is 4.79 Å². The Morgan fingerprint density at radius 1 is 1.19 bits per heavy atom. The molecule has 1 aromatic rings. The summed E-state index contributed by atoms with van der Waals surface area (Å²) in [4.78, 5) is 13.8. The summed E-state index contributed by atoms with van der Waals surface area (Å²) in [5.41, 5.74) is 1.35. The molecule has 0 aromatic heterocycles. The van der Waals surface area contributed by atoms with Crippen LogP contribution < -0.4 is 5.32 Å². The predicted molar refractivity (Wildman–Crippen MR) is 89.7 cm³/mol. The molecule has 21 heavy (non-hydrogen) atoms. The number of nitrogens with one attached hydrogen (secondary N) is 1. The predicted octanol–water partition coefficient (Wildman–Crippen LogP) is 3.41. The highest BCUT2D eigenvalue weighted by molar-refractivity contribution is 5.85. The van der Waals surface area contributed by atoms with E-state index in [0.29, 0.717) is 18.0 Å². The SMILES string of the molecule is CC(=O)N[C@@H]1CCCC[C@H]1C(c1ccccc1)N(C)C.Cl. The Kier molecular flexibility index (Phi) is 7.20. The molecule has 1 unspecified atom stereocenters. The van der Waals surface area contributed by atoms with Crippen molar-refractivity contribution in [3.8, 4) is 0 Å². The maximum atomic E-state index is 11.5. The largest absolute Gasteiger partial charge is 0.353 e. The summed E-state index contributed by atoms with van der Waals surface area (Å²) in [7, 11) is 4.27. The van der Waals surface area contributed by atoms with E-state index in [1.54, 1.807) is 6.92 Å². The number of carbonyl (C=O) groups is 1. The molecule has 1 fully saturated rings. The lowest BCUT2D eigenvalue weighted by Crippen LogP contribution is -2.46. The van der Waals surface area contributed by atoms with E-state index >= 15 is 0 Å². The molecule has 0 bridgehead atoms. The summed E-state index contributed by atoms with van der Waals surface area (Å²) >= 11 is 0. The monoisotopic (exact) mass is 310 g/mol. The number of hydrogen-bond donors (Lipinski definition) is 1. The van der Waals surface area contributed by atoms with Crippen LogP contribution in [0.3, 0.4) is 0 Å². The van der Waals surface area contributed by atoms with Crippen LogP contribution in [0.5, 0.6) is 0 Å². The van der Waals surface area contributed by atoms with Gasteiger partial charge in [-0.15, -0.1) is 12.4 Å². The van der Waals surface area contributed by atoms with E-state index in [9.17, 15) is 4.79 Å². The van der Waals surface area contributed by atoms with Gasteiger partial charge in [-0.1, -0.05) is 43.2 Å². The van der Waals surface area contributed by atoms with Gasteiger partial charge >= 0.3 is 0 Å². The summed E-state index contributed by atoms with van der Waals surface area (Å²) in [5, 5.41) is 3.17. The van der Waals surface area contributed by atoms with Crippen molar-refractivity contribution in [3.63, 3.8) is 0 Å². The molecular formula is C17H27ClN2O. The first-order valence-electron chi connectivity index (χ1n) is 7.58. The van der Waals surface area contributed by atoms with Crippen LogP contribution >= 0.6 is 12.4 Å². The number of rotatable bonds is 4. The smallest absolute Gasteiger partial charge is 0.217 e. The molecule has 1 saturated carbocycles. The third-order valence-electron chi connectivity index (χ3n) is 4.31. The Balaban J connectivity index is 0.00000220. The zero-order valence-electron chi connectivity index (χ0n) is 13.2. The molecule has 1 amide bonds. The average Bonchev–Trinajstić information content (AvgIpc) is 2.41. The summed E-state index contributed by atoms with van der Waals surface area (Å²) in [6, 6.07) is 11.3. The number of halogens is 1. The standard InChI is InChI=1S/C17H26N2O.ClH/c1-13(20)18-16-12-8-7-11-15(16)17(19(2)3)14-9-5-4-6-10-14;/h4-6,9-10,15-17H,7-8,11-12H2,1-3H3,(H,18,20);1H/t15-,16-,17?;/m1./s1. The van der Waals surface area contributed by atoms with Gasteiger partial charge in [0.15, 0.2) is 0 Å². The highest BCUT2D eigenvalue weighted by atomic mass is 35.5. The summed E-state index contributed by atoms with van der Waals surface area (Å²) in [6.07, 6.45) is 4.76. The van der Waals surface area contributed by atoms with Crippen molar-refractivity contribution < 1.29 is 4.79 Å². The van der Waals surface area contributed by atoms with Gasteiger partial charge in [-0.2, -0.15) is 0 Å². The molecule has 0 heterocycles. The van der Waals surface area contributed by atoms with Crippen LogP contribution in [0.2, 0.25) is 0 Å². The third kappa shape index (κ3) is 4.72. The highest BCUT2D eigenvalue weighted by Gasteiger charge is 2.34. The van der Waals surface area contributed by atoms with Gasteiger partial charge in [0.1, 0.15) is 0 Å². The molecule has 0 saturated heterocycles. The van der Waals surface area contributed by atoms with Crippen LogP contribution in [0.1, 0.15) is 44.2 Å². The third-order valence-corrected chi connectivity index (χ3v) is 4.31. The summed E-state index contributed by atoms with van der Waals surface area (Å²) in [5.74, 6) is 0.581. The molecule has 1 aromatic carbocycles. The van der Waals surface area contributed by atoms with Crippen molar-refractivity contribution in [1.29, 1.82) is 0 Å². The topological polar surface area (TPSA) is 32.3 Å². The Labute approximate surface area is 134 Å². The summed E-state index contributed by atoms with van der Waals surface area (Å²) in [6.45, 7) is 1.62. The highest BCUT2D eigenvalue weighted by Crippen LogP contribution is 2.37. The van der Waals surface area contributed by atoms with E-state index in [-0.39, 0.29) is 18.3 Å². The van der Waals surface area contributed by atoms with E-state index in [4.69, 9.17) is 0 Å². The fourth-order valence-corrected chi connectivity index (χ4v) is 3.56. The van der Waals surface area contributed by atoms with Crippen LogP contribution in [0.4, 0.5) is 0 Å². The minimum absolute atomic E-state index is 0. The summed E-state index contributed by atoms with van der Waals surface area (Å²) < 4.78 is 0. The molecule has 118 valence electrons. The average molecular weight is 311 g/mol. The van der Waals surface area contributed by atoms with Crippen molar-refractivity contribution >= 4 is 18.3 Å². The van der Waals surface area contributed by atoms with Gasteiger partial charge in [-0.3, -0.25) is 4.79 Å². The second kappa shape index (κ2) is 8.40. The van der Waals surface area contributed by atoms with Crippen molar-refractivity contribution in [1.82, 2.24) is 10.2 Å². The van der Waals surface area contributed by atoms with Crippen molar-refractivity contribution in [2.75, 3.05) is 14.1 Å². The Morgan fingerprint density at radius 3 is 2.38 bits per heavy atom. The number of amides is 1. The molecule has 1 N–H and O–H groups in total. The molecular weight excluding hydrogens is 284 g/mol. The zero-order valence-corrected chi connectivity index (χ0v) is 14.0. The minimum atomic E-state index is 0. The van der Waals surface area contributed by atoms with Gasteiger partial charge in [0.2, 0.25) is 5.91 Å². The maximum Gasteiger partial charge on any atom is 0.217 e. The van der Waals surface area contributed by atoms with Crippen LogP contribution in [-0.4, -0.2) is 30.9 Å². The molecule has 3 atom stereocenters. The Bertz CT molecular complexity index is 436. The Morgan fingerprint density at radius 2 is 1.81 bits per heavy atom. The first kappa shape index (κ1) is 18.0. The number of benzene rings is 1. The lowest BCUT2D eigenvalue weighted by molar-refractivity contribution is -0.120. The number of carbonyl (C=O) groups excluding carboxylic acids is 1. The lowest BCUT2D eigenvalue weighted by Gasteiger charge is -2.40. The molecule has 3 nitrogen and oxygen atoms in total. The second-order valence-electron chi connectivity index (χ2n) is 6.07. The van der Waals surface area contributed by atoms with Gasteiger partial charge in [0, 0.05) is 19.0 Å². The van der Waals surface area contributed by atoms with Crippen LogP contribution in [0, 0.1) is 5.92 Å². The molecule has 0 spiro atoms. The van der Waals surface area contributed by atoms with Crippen LogP contribution in [0.25, 0.3) is 0 Å². The van der Waals surface area contributed by atoms with Crippen LogP contribution in [0.15, 0.2) is 30.3 Å². The van der Waals surface area contributed by atoms with Gasteiger partial charge in [-0.25, -0.2) is 0 Å². The zero-order chi connectivity index (χ0) is 14.5. The van der Waals surface area contributed by atoms with E-state index in [1.807, 2.05) is 0 Å². The lowest BCUT2D eigenvalue weighted by atomic mass is 9.77. The van der Waals surface area contributed by atoms with E-state index in [2.05, 4.69) is 54.6 Å². The van der Waals surface area contributed by atoms with Crippen molar-refractivity contribution in [2.45, 2.75) is 44.7 Å². The molecule has 0 aliphatic heterocycles. The molecule has 0 radical (unpaired) electrons. The van der Waals surface area contributed by atoms with E-state index in [0.717, 1.165) is 6.42 Å². The normalized spacial score (nSPS) is 23.2. The maximum absolute atomic E-state index is 11.5. The quantitative estimate of drug-likeness (QED) is 0.924. The first-order chi connectivity index (χ1) is 9.59. The van der Waals surface area contributed by atoms with Crippen molar-refractivity contribution in [3.05, 3.63) is 35.9 Å². The first-order valence-corrected chi connectivity index (χ1v) is 7.58. The number of nitrogens with zero attached hydrogens (tertiary/aromatic N) is 1. The van der Waals surface area contributed by atoms with Gasteiger partial charge in [0.05, 0.1) is 0 Å². The van der Waals surface area contributed by atoms with Gasteiger partial charge in [-0.05, 0) is 38.4 Å². The minimum Gasteiger partial charge on any atom is -0.353 e. The van der Waals surface area contributed by atoms with Gasteiger partial charge in [0.25, 0.3) is 0 Å². The molecule has 1 aliphatic carbocycles.